The molecule has 0 bridgehead atoms. The highest BCUT2D eigenvalue weighted by Crippen LogP contribution is 2.32. The number of benzene rings is 3. The summed E-state index contributed by atoms with van der Waals surface area (Å²) in [7, 11) is 2.71. The van der Waals surface area contributed by atoms with Crippen LogP contribution >= 0.6 is 0 Å². The molecule has 40 heavy (non-hydrogen) atoms. The van der Waals surface area contributed by atoms with Crippen molar-refractivity contribution in [2.24, 2.45) is 5.73 Å². The number of rotatable bonds is 12. The van der Waals surface area contributed by atoms with Crippen LogP contribution in [0.5, 0.6) is 11.5 Å². The zero-order valence-electron chi connectivity index (χ0n) is 22.7. The number of primary amides is 1. The molecule has 0 spiro atoms. The van der Waals surface area contributed by atoms with Crippen molar-refractivity contribution in [2.75, 3.05) is 44.9 Å². The molecule has 210 valence electrons. The Morgan fingerprint density at radius 2 is 1.55 bits per heavy atom. The van der Waals surface area contributed by atoms with Crippen LogP contribution in [0, 0.1) is 0 Å². The fraction of sp³-hybridized carbons (Fsp3) is 0.250. The third kappa shape index (κ3) is 6.77. The minimum absolute atomic E-state index is 0.00931. The molecule has 4 N–H and O–H groups in total. The van der Waals surface area contributed by atoms with Crippen molar-refractivity contribution in [1.82, 2.24) is 14.9 Å². The van der Waals surface area contributed by atoms with Crippen molar-refractivity contribution in [3.63, 3.8) is 0 Å². The zero-order chi connectivity index (χ0) is 28.9. The van der Waals surface area contributed by atoms with Gasteiger partial charge in [-0.25, -0.2) is 18.4 Å². The number of ether oxygens (including phenoxy) is 2. The number of nitrogens with one attached hydrogen (secondary N) is 2. The number of amides is 1. The first-order valence-electron chi connectivity index (χ1n) is 12.4. The Morgan fingerprint density at radius 3 is 2.12 bits per heavy atom. The van der Waals surface area contributed by atoms with E-state index in [2.05, 4.69) is 20.0 Å². The highest BCUT2D eigenvalue weighted by molar-refractivity contribution is 7.92. The second-order valence-electron chi connectivity index (χ2n) is 9.36. The molecule has 11 nitrogen and oxygen atoms in total. The predicted octanol–water partition coefficient (Wildman–Crippen LogP) is 3.71. The molecule has 4 aromatic rings. The maximum Gasteiger partial charge on any atom is 0.263 e. The molecule has 1 atom stereocenters. The smallest absolute Gasteiger partial charge is 0.263 e. The van der Waals surface area contributed by atoms with E-state index in [1.165, 1.54) is 26.4 Å². The average Bonchev–Trinajstić information content (AvgIpc) is 2.93. The molecule has 0 saturated heterocycles. The molecule has 12 heteroatoms. The van der Waals surface area contributed by atoms with Gasteiger partial charge in [-0.1, -0.05) is 24.3 Å². The molecule has 4 rings (SSSR count). The molecule has 1 unspecified atom stereocenters. The molecular formula is C28H32N6O5S. The number of anilines is 3. The van der Waals surface area contributed by atoms with Crippen molar-refractivity contribution in [2.45, 2.75) is 17.2 Å². The SMILES string of the molecule is COc1cc(Nc2nc3ccccc3nc2NS(=O)(=O)c2cccc(C(CCN(C)C)C(N)=O)c2)cc(OC)c1. The Morgan fingerprint density at radius 1 is 0.925 bits per heavy atom. The Bertz CT molecular complexity index is 1600. The van der Waals surface area contributed by atoms with Crippen LogP contribution in [-0.2, 0) is 14.8 Å². The highest BCUT2D eigenvalue weighted by Gasteiger charge is 2.23. The van der Waals surface area contributed by atoms with Crippen LogP contribution in [0.1, 0.15) is 17.9 Å². The van der Waals surface area contributed by atoms with E-state index in [-0.39, 0.29) is 16.5 Å². The molecule has 1 aromatic heterocycles. The summed E-state index contributed by atoms with van der Waals surface area (Å²) in [6.45, 7) is 0.611. The second kappa shape index (κ2) is 12.2. The lowest BCUT2D eigenvalue weighted by molar-refractivity contribution is -0.119. The number of fused-ring (bicyclic) bond motifs is 1. The summed E-state index contributed by atoms with van der Waals surface area (Å²) < 4.78 is 40.4. The van der Waals surface area contributed by atoms with Gasteiger partial charge in [0, 0.05) is 23.9 Å². The van der Waals surface area contributed by atoms with Crippen molar-refractivity contribution in [1.29, 1.82) is 0 Å². The molecule has 3 aromatic carbocycles. The molecule has 1 amide bonds. The Hall–Kier alpha value is -4.42. The van der Waals surface area contributed by atoms with Gasteiger partial charge in [-0.2, -0.15) is 0 Å². The van der Waals surface area contributed by atoms with E-state index in [1.807, 2.05) is 25.1 Å². The van der Waals surface area contributed by atoms with Crippen LogP contribution in [0.15, 0.2) is 71.6 Å². The van der Waals surface area contributed by atoms with Crippen molar-refractivity contribution < 1.29 is 22.7 Å². The predicted molar refractivity (Wildman–Crippen MR) is 155 cm³/mol. The monoisotopic (exact) mass is 564 g/mol. The maximum atomic E-state index is 13.6. The normalized spacial score (nSPS) is 12.2. The van der Waals surface area contributed by atoms with Crippen LogP contribution in [0.25, 0.3) is 11.0 Å². The molecule has 0 aliphatic heterocycles. The van der Waals surface area contributed by atoms with Gasteiger partial charge in [-0.15, -0.1) is 0 Å². The average molecular weight is 565 g/mol. The first-order chi connectivity index (χ1) is 19.1. The summed E-state index contributed by atoms with van der Waals surface area (Å²) in [4.78, 5) is 23.3. The highest BCUT2D eigenvalue weighted by atomic mass is 32.2. The van der Waals surface area contributed by atoms with E-state index in [0.29, 0.717) is 46.7 Å². The van der Waals surface area contributed by atoms with E-state index in [0.717, 1.165) is 0 Å². The number of hydrogen-bond acceptors (Lipinski definition) is 9. The lowest BCUT2D eigenvalue weighted by atomic mass is 9.95. The van der Waals surface area contributed by atoms with Gasteiger partial charge < -0.3 is 25.4 Å². The molecule has 1 heterocycles. The first kappa shape index (κ1) is 28.6. The van der Waals surface area contributed by atoms with E-state index in [1.54, 1.807) is 48.5 Å². The van der Waals surface area contributed by atoms with Gasteiger partial charge in [0.25, 0.3) is 10.0 Å². The van der Waals surface area contributed by atoms with Crippen LogP contribution in [-0.4, -0.2) is 64.1 Å². The summed E-state index contributed by atoms with van der Waals surface area (Å²) in [5.41, 5.74) is 7.79. The number of hydrogen-bond donors (Lipinski definition) is 3. The third-order valence-corrected chi connectivity index (χ3v) is 7.53. The number of aromatic nitrogens is 2. The van der Waals surface area contributed by atoms with E-state index >= 15 is 0 Å². The second-order valence-corrected chi connectivity index (χ2v) is 11.0. The molecule has 0 aliphatic rings. The standard InChI is InChI=1S/C28H32N6O5S/c1-34(2)13-12-23(26(29)35)18-8-7-9-22(14-18)40(36,37)33-28-27(31-24-10-5-6-11-25(24)32-28)30-19-15-20(38-3)17-21(16-19)39-4/h5-11,14-17,23H,12-13H2,1-4H3,(H2,29,35)(H,30,31)(H,32,33). The fourth-order valence-corrected chi connectivity index (χ4v) is 5.18. The quantitative estimate of drug-likeness (QED) is 0.234. The van der Waals surface area contributed by atoms with E-state index in [4.69, 9.17) is 15.2 Å². The van der Waals surface area contributed by atoms with Gasteiger partial charge in [0.2, 0.25) is 5.91 Å². The summed E-state index contributed by atoms with van der Waals surface area (Å²) in [6.07, 6.45) is 0.452. The topological polar surface area (TPSA) is 149 Å². The lowest BCUT2D eigenvalue weighted by Crippen LogP contribution is -2.26. The summed E-state index contributed by atoms with van der Waals surface area (Å²) in [5.74, 6) is 0.0727. The maximum absolute atomic E-state index is 13.6. The van der Waals surface area contributed by atoms with Crippen LogP contribution < -0.4 is 25.2 Å². The van der Waals surface area contributed by atoms with Gasteiger partial charge in [-0.05, 0) is 56.9 Å². The number of carbonyl (C=O) groups excluding carboxylic acids is 1. The number of nitrogens with two attached hydrogens (primary N) is 1. The Kier molecular flexibility index (Phi) is 8.70. The van der Waals surface area contributed by atoms with Gasteiger partial charge in [0.05, 0.1) is 36.1 Å². The summed E-state index contributed by atoms with van der Waals surface area (Å²) in [5, 5.41) is 3.13. The van der Waals surface area contributed by atoms with Crippen LogP contribution in [0.3, 0.4) is 0 Å². The fourth-order valence-electron chi connectivity index (χ4n) is 4.12. The zero-order valence-corrected chi connectivity index (χ0v) is 23.5. The molecule has 0 fully saturated rings. The first-order valence-corrected chi connectivity index (χ1v) is 13.9. The minimum Gasteiger partial charge on any atom is -0.497 e. The van der Waals surface area contributed by atoms with Crippen molar-refractivity contribution in [3.05, 3.63) is 72.3 Å². The van der Waals surface area contributed by atoms with Crippen LogP contribution in [0.4, 0.5) is 17.3 Å². The van der Waals surface area contributed by atoms with Gasteiger partial charge in [0.1, 0.15) is 11.5 Å². The minimum atomic E-state index is -4.14. The lowest BCUT2D eigenvalue weighted by Gasteiger charge is -2.18. The Labute approximate surface area is 233 Å². The van der Waals surface area contributed by atoms with Gasteiger partial charge in [-0.3, -0.25) is 9.52 Å². The largest absolute Gasteiger partial charge is 0.497 e. The molecule has 0 aliphatic carbocycles. The number of sulfonamides is 1. The van der Waals surface area contributed by atoms with E-state index < -0.39 is 21.8 Å². The number of methoxy groups -OCH3 is 2. The summed E-state index contributed by atoms with van der Waals surface area (Å²) >= 11 is 0. The number of carbonyl (C=O) groups is 1. The molecule has 0 radical (unpaired) electrons. The van der Waals surface area contributed by atoms with Gasteiger partial charge >= 0.3 is 0 Å². The van der Waals surface area contributed by atoms with E-state index in [9.17, 15) is 13.2 Å². The number of nitrogens with zero attached hydrogens (tertiary/aromatic N) is 3. The summed E-state index contributed by atoms with van der Waals surface area (Å²) in [6, 6.07) is 18.5. The molecule has 0 saturated carbocycles. The Balaban J connectivity index is 1.72. The van der Waals surface area contributed by atoms with Gasteiger partial charge in [0.15, 0.2) is 11.6 Å². The van der Waals surface area contributed by atoms with Crippen molar-refractivity contribution in [3.8, 4) is 11.5 Å². The third-order valence-electron chi connectivity index (χ3n) is 6.19. The van der Waals surface area contributed by atoms with Crippen molar-refractivity contribution >= 4 is 44.3 Å². The molecular weight excluding hydrogens is 532 g/mol. The van der Waals surface area contributed by atoms with Crippen LogP contribution in [0.2, 0.25) is 0 Å². The number of para-hydroxylation sites is 2.